The minimum atomic E-state index is -0.219. The van der Waals surface area contributed by atoms with Crippen molar-refractivity contribution in [3.63, 3.8) is 0 Å². The van der Waals surface area contributed by atoms with Gasteiger partial charge in [0.25, 0.3) is 6.71 Å². The third kappa shape index (κ3) is 6.78. The molecule has 362 valence electrons. The number of hydrogen-bond donors (Lipinski definition) is 0. The van der Waals surface area contributed by atoms with Gasteiger partial charge in [0.1, 0.15) is 0 Å². The molecule has 0 atom stereocenters. The van der Waals surface area contributed by atoms with E-state index < -0.39 is 0 Å². The Morgan fingerprint density at radius 1 is 0.386 bits per heavy atom. The molecule has 5 aliphatic rings. The number of aryl methyl sites for hydroxylation is 2. The fourth-order valence-electron chi connectivity index (χ4n) is 15.1. The van der Waals surface area contributed by atoms with E-state index in [0.29, 0.717) is 0 Å². The Hall–Kier alpha value is -5.02. The molecule has 0 fully saturated rings. The van der Waals surface area contributed by atoms with E-state index in [1.54, 1.807) is 0 Å². The predicted octanol–water partition coefficient (Wildman–Crippen LogP) is 16.3. The van der Waals surface area contributed by atoms with E-state index in [1.807, 2.05) is 0 Å². The number of anilines is 6. The molecular formula is C67H81BN2. The van der Waals surface area contributed by atoms with Crippen LogP contribution in [0.5, 0.6) is 0 Å². The van der Waals surface area contributed by atoms with Gasteiger partial charge in [-0.2, -0.15) is 0 Å². The second-order valence-corrected chi connectivity index (χ2v) is 28.5. The molecule has 3 aliphatic carbocycles. The van der Waals surface area contributed by atoms with Gasteiger partial charge in [-0.15, -0.1) is 0 Å². The summed E-state index contributed by atoms with van der Waals surface area (Å²) >= 11 is 0. The highest BCUT2D eigenvalue weighted by atomic mass is 15.2. The number of nitrogens with zero attached hydrogens (tertiary/aromatic N) is 2. The van der Waals surface area contributed by atoms with Gasteiger partial charge < -0.3 is 9.80 Å². The van der Waals surface area contributed by atoms with Crippen LogP contribution in [0.3, 0.4) is 0 Å². The second kappa shape index (κ2) is 14.6. The first-order chi connectivity index (χ1) is 32.4. The van der Waals surface area contributed by atoms with Gasteiger partial charge in [0, 0.05) is 39.5 Å². The van der Waals surface area contributed by atoms with E-state index in [2.05, 4.69) is 238 Å². The van der Waals surface area contributed by atoms with Crippen LogP contribution >= 0.6 is 0 Å². The Morgan fingerprint density at radius 2 is 0.786 bits per heavy atom. The zero-order valence-corrected chi connectivity index (χ0v) is 46.5. The average Bonchev–Trinajstić information content (AvgIpc) is 3.56. The summed E-state index contributed by atoms with van der Waals surface area (Å²) in [6, 6.07) is 39.8. The minimum absolute atomic E-state index is 0.0340. The van der Waals surface area contributed by atoms with Crippen LogP contribution in [0.4, 0.5) is 34.1 Å². The average molecular weight is 925 g/mol. The number of hydrogen-bond acceptors (Lipinski definition) is 2. The number of rotatable bonds is 4. The van der Waals surface area contributed by atoms with Crippen LogP contribution in [0.2, 0.25) is 0 Å². The number of benzene rings is 6. The van der Waals surface area contributed by atoms with Crippen molar-refractivity contribution in [2.45, 2.75) is 201 Å². The first kappa shape index (κ1) is 47.3. The molecule has 2 aliphatic heterocycles. The van der Waals surface area contributed by atoms with Crippen molar-refractivity contribution in [2.75, 3.05) is 9.80 Å². The summed E-state index contributed by atoms with van der Waals surface area (Å²) in [5.41, 5.74) is 28.1. The molecule has 6 aromatic rings. The van der Waals surface area contributed by atoms with Crippen LogP contribution in [0, 0.1) is 13.8 Å². The maximum atomic E-state index is 2.77. The fraction of sp³-hybridized carbons (Fsp3) is 0.463. The summed E-state index contributed by atoms with van der Waals surface area (Å²) in [6.45, 7) is 46.6. The Labute approximate surface area is 423 Å². The molecule has 0 amide bonds. The SMILES string of the molecule is Cc1cc2c(cc1N1c3cc(C(C)(C)c4ccccc4)ccc3B3c4cc5c(cc4N(c4cc6c(cc4C)C(C)(C)CC6(C)C)c4cc(C(C)(C)C)cc1c43)C(C)(C)CCC5(C)C)C(C)(C)CC2(C)C. The lowest BCUT2D eigenvalue weighted by atomic mass is 9.33. The van der Waals surface area contributed by atoms with Crippen molar-refractivity contribution in [1.82, 2.24) is 0 Å². The van der Waals surface area contributed by atoms with Crippen molar-refractivity contribution in [2.24, 2.45) is 0 Å². The Bertz CT molecular complexity index is 3200. The Kier molecular flexibility index (Phi) is 9.85. The van der Waals surface area contributed by atoms with E-state index in [0.717, 1.165) is 12.8 Å². The van der Waals surface area contributed by atoms with Gasteiger partial charge in [0.05, 0.1) is 0 Å². The van der Waals surface area contributed by atoms with Crippen molar-refractivity contribution in [3.8, 4) is 0 Å². The highest BCUT2D eigenvalue weighted by Gasteiger charge is 2.50. The van der Waals surface area contributed by atoms with Crippen molar-refractivity contribution < 1.29 is 0 Å². The van der Waals surface area contributed by atoms with Crippen LogP contribution in [-0.2, 0) is 43.3 Å². The first-order valence-electron chi connectivity index (χ1n) is 26.8. The molecule has 2 heterocycles. The summed E-state index contributed by atoms with van der Waals surface area (Å²) in [7, 11) is 0. The predicted molar refractivity (Wildman–Crippen MR) is 304 cm³/mol. The van der Waals surface area contributed by atoms with E-state index in [1.165, 1.54) is 125 Å². The molecule has 0 radical (unpaired) electrons. The highest BCUT2D eigenvalue weighted by molar-refractivity contribution is 7.00. The quantitative estimate of drug-likeness (QED) is 0.162. The lowest BCUT2D eigenvalue weighted by Crippen LogP contribution is -2.62. The molecule has 0 unspecified atom stereocenters. The maximum absolute atomic E-state index is 2.77. The van der Waals surface area contributed by atoms with Gasteiger partial charge in [-0.05, 0) is 191 Å². The zero-order chi connectivity index (χ0) is 50.4. The second-order valence-electron chi connectivity index (χ2n) is 28.5. The lowest BCUT2D eigenvalue weighted by Gasteiger charge is -2.48. The zero-order valence-electron chi connectivity index (χ0n) is 46.5. The van der Waals surface area contributed by atoms with Crippen LogP contribution < -0.4 is 26.2 Å². The van der Waals surface area contributed by atoms with Gasteiger partial charge in [0.2, 0.25) is 0 Å². The van der Waals surface area contributed by atoms with Crippen LogP contribution in [-0.4, -0.2) is 6.71 Å². The standard InChI is InChI=1S/C67H81BN2/c1-40-29-45-49(65(14,15)38-63(45,10)11)35-53(40)69-55-31-43(67(18,19)42-23-21-20-22-24-42)25-26-51(55)68-52-34-47-48(62(8,9)28-27-61(47,6)7)37-56(52)70(58-33-44(60(3,4)5)32-57(69)59(58)68)54-36-50-46(30-41(54)2)64(12,13)39-66(50,16)17/h20-26,29-37H,27-28,38-39H2,1-19H3. The lowest BCUT2D eigenvalue weighted by molar-refractivity contribution is 0.332. The fourth-order valence-corrected chi connectivity index (χ4v) is 15.1. The van der Waals surface area contributed by atoms with Gasteiger partial charge in [-0.3, -0.25) is 0 Å². The van der Waals surface area contributed by atoms with E-state index in [-0.39, 0.29) is 50.0 Å². The van der Waals surface area contributed by atoms with Gasteiger partial charge in [0.15, 0.2) is 0 Å². The summed E-state index contributed by atoms with van der Waals surface area (Å²) in [4.78, 5) is 5.52. The van der Waals surface area contributed by atoms with Crippen molar-refractivity contribution in [1.29, 1.82) is 0 Å². The van der Waals surface area contributed by atoms with Gasteiger partial charge >= 0.3 is 0 Å². The normalized spacial score (nSPS) is 20.3. The van der Waals surface area contributed by atoms with Gasteiger partial charge in [-0.1, -0.05) is 178 Å². The summed E-state index contributed by atoms with van der Waals surface area (Å²) in [6.07, 6.45) is 4.64. The van der Waals surface area contributed by atoms with E-state index >= 15 is 0 Å². The molecule has 11 rings (SSSR count). The van der Waals surface area contributed by atoms with Crippen LogP contribution in [0.1, 0.15) is 205 Å². The minimum Gasteiger partial charge on any atom is -0.311 e. The Balaban J connectivity index is 1.30. The molecule has 0 bridgehead atoms. The monoisotopic (exact) mass is 925 g/mol. The third-order valence-corrected chi connectivity index (χ3v) is 19.0. The van der Waals surface area contributed by atoms with E-state index in [9.17, 15) is 0 Å². The van der Waals surface area contributed by atoms with Crippen LogP contribution in [0.15, 0.2) is 97.1 Å². The maximum Gasteiger partial charge on any atom is 0.252 e. The van der Waals surface area contributed by atoms with Gasteiger partial charge in [-0.25, -0.2) is 0 Å². The first-order valence-corrected chi connectivity index (χ1v) is 26.8. The largest absolute Gasteiger partial charge is 0.311 e. The summed E-state index contributed by atoms with van der Waals surface area (Å²) < 4.78 is 0. The van der Waals surface area contributed by atoms with Crippen molar-refractivity contribution in [3.05, 3.63) is 158 Å². The molecule has 0 N–H and O–H groups in total. The molecule has 70 heavy (non-hydrogen) atoms. The third-order valence-electron chi connectivity index (χ3n) is 19.0. The molecule has 0 spiro atoms. The molecule has 0 aromatic heterocycles. The topological polar surface area (TPSA) is 6.48 Å². The molecule has 2 nitrogen and oxygen atoms in total. The number of fused-ring (bicyclic) bond motifs is 7. The van der Waals surface area contributed by atoms with Crippen molar-refractivity contribution >= 4 is 57.2 Å². The smallest absolute Gasteiger partial charge is 0.252 e. The molecule has 0 saturated carbocycles. The summed E-state index contributed by atoms with van der Waals surface area (Å²) in [5.74, 6) is 0. The molecule has 6 aromatic carbocycles. The Morgan fingerprint density at radius 3 is 1.26 bits per heavy atom. The molecule has 3 heteroatoms. The van der Waals surface area contributed by atoms with Crippen LogP contribution in [0.25, 0.3) is 0 Å². The summed E-state index contributed by atoms with van der Waals surface area (Å²) in [5, 5.41) is 0. The molecule has 0 saturated heterocycles. The highest BCUT2D eigenvalue weighted by Crippen LogP contribution is 2.57. The van der Waals surface area contributed by atoms with E-state index in [4.69, 9.17) is 0 Å². The molecular weight excluding hydrogens is 844 g/mol.